The predicted molar refractivity (Wildman–Crippen MR) is 64.8 cm³/mol. The van der Waals surface area contributed by atoms with Crippen molar-refractivity contribution in [3.05, 3.63) is 12.2 Å². The van der Waals surface area contributed by atoms with Gasteiger partial charge in [0.2, 0.25) is 0 Å². The molecule has 1 saturated carbocycles. The monoisotopic (exact) mass is 296 g/mol. The lowest BCUT2D eigenvalue weighted by atomic mass is 9.72. The van der Waals surface area contributed by atoms with Gasteiger partial charge in [0.05, 0.1) is 12.5 Å². The van der Waals surface area contributed by atoms with Crippen molar-refractivity contribution >= 4 is 20.2 Å². The number of hydrogen-bond acceptors (Lipinski definition) is 6. The largest absolute Gasteiger partial charge is 0.264 e. The molecule has 0 aromatic heterocycles. The molecule has 0 aromatic carbocycles. The molecule has 0 aliphatic heterocycles. The van der Waals surface area contributed by atoms with E-state index in [1.807, 2.05) is 12.2 Å². The molecule has 8 heteroatoms. The van der Waals surface area contributed by atoms with Gasteiger partial charge in [0.25, 0.3) is 20.2 Å². The number of hydrogen-bond donors (Lipinski definition) is 0. The van der Waals surface area contributed by atoms with Gasteiger partial charge in [-0.25, -0.2) is 0 Å². The third-order valence-corrected chi connectivity index (χ3v) is 4.32. The molecule has 0 unspecified atom stereocenters. The normalized spacial score (nSPS) is 35.9. The zero-order chi connectivity index (χ0) is 13.6. The van der Waals surface area contributed by atoms with E-state index in [1.165, 1.54) is 0 Å². The second kappa shape index (κ2) is 4.59. The Morgan fingerprint density at radius 1 is 0.833 bits per heavy atom. The quantitative estimate of drug-likeness (QED) is 0.547. The Morgan fingerprint density at radius 3 is 1.39 bits per heavy atom. The smallest absolute Gasteiger partial charge is 0.264 e. The van der Waals surface area contributed by atoms with E-state index in [0.717, 1.165) is 25.4 Å². The molecule has 0 amide bonds. The van der Waals surface area contributed by atoms with Gasteiger partial charge in [0, 0.05) is 11.8 Å². The van der Waals surface area contributed by atoms with E-state index in [0.29, 0.717) is 0 Å². The first kappa shape index (κ1) is 14.0. The predicted octanol–water partition coefficient (Wildman–Crippen LogP) is 0.272. The molecule has 6 nitrogen and oxygen atoms in total. The summed E-state index contributed by atoms with van der Waals surface area (Å²) in [6.07, 6.45) is 5.73. The maximum absolute atomic E-state index is 11.2. The molecule has 1 fully saturated rings. The van der Waals surface area contributed by atoms with E-state index in [2.05, 4.69) is 0 Å². The van der Waals surface area contributed by atoms with E-state index >= 15 is 0 Å². The third-order valence-electron chi connectivity index (χ3n) is 3.18. The third kappa shape index (κ3) is 3.31. The van der Waals surface area contributed by atoms with E-state index in [1.54, 1.807) is 0 Å². The van der Waals surface area contributed by atoms with Crippen molar-refractivity contribution in [1.82, 2.24) is 0 Å². The highest BCUT2D eigenvalue weighted by atomic mass is 32.2. The SMILES string of the molecule is CS(=O)(=O)O[C@@H]1[C@H](OS(C)(=O)=O)[C@H]2C=C[C@@H]1CC2. The van der Waals surface area contributed by atoms with E-state index in [9.17, 15) is 16.8 Å². The van der Waals surface area contributed by atoms with Crippen LogP contribution in [0.2, 0.25) is 0 Å². The van der Waals surface area contributed by atoms with Crippen molar-refractivity contribution < 1.29 is 25.2 Å². The standard InChI is InChI=1S/C10H16O6S2/c1-17(11,12)15-9-7-3-5-8(6-4-7)10(9)16-18(2,13)14/h3,5,7-10H,4,6H2,1-2H3/t7-,8+,9+,10-. The van der Waals surface area contributed by atoms with Crippen LogP contribution in [0.1, 0.15) is 12.8 Å². The van der Waals surface area contributed by atoms with Crippen LogP contribution in [0.4, 0.5) is 0 Å². The molecule has 0 spiro atoms. The first-order chi connectivity index (χ1) is 8.16. The lowest BCUT2D eigenvalue weighted by Gasteiger charge is -2.42. The van der Waals surface area contributed by atoms with Gasteiger partial charge in [-0.05, 0) is 12.8 Å². The maximum Gasteiger partial charge on any atom is 0.264 e. The molecule has 4 atom stereocenters. The summed E-state index contributed by atoms with van der Waals surface area (Å²) < 4.78 is 54.9. The van der Waals surface area contributed by atoms with Crippen molar-refractivity contribution in [2.45, 2.75) is 25.0 Å². The summed E-state index contributed by atoms with van der Waals surface area (Å²) in [5.41, 5.74) is 0. The summed E-state index contributed by atoms with van der Waals surface area (Å²) in [6, 6.07) is 0. The average Bonchev–Trinajstić information content (AvgIpc) is 2.19. The summed E-state index contributed by atoms with van der Waals surface area (Å²) in [5, 5.41) is 0. The van der Waals surface area contributed by atoms with Gasteiger partial charge in [-0.15, -0.1) is 0 Å². The van der Waals surface area contributed by atoms with Crippen molar-refractivity contribution in [2.75, 3.05) is 12.5 Å². The summed E-state index contributed by atoms with van der Waals surface area (Å²) in [4.78, 5) is 0. The Labute approximate surface area is 107 Å². The van der Waals surface area contributed by atoms with Crippen molar-refractivity contribution in [3.8, 4) is 0 Å². The topological polar surface area (TPSA) is 86.7 Å². The highest BCUT2D eigenvalue weighted by molar-refractivity contribution is 7.86. The van der Waals surface area contributed by atoms with Gasteiger partial charge >= 0.3 is 0 Å². The second-order valence-corrected chi connectivity index (χ2v) is 8.02. The molecular formula is C10H16O6S2. The minimum atomic E-state index is -3.64. The van der Waals surface area contributed by atoms with Crippen molar-refractivity contribution in [3.63, 3.8) is 0 Å². The molecule has 3 aliphatic rings. The summed E-state index contributed by atoms with van der Waals surface area (Å²) >= 11 is 0. The van der Waals surface area contributed by atoms with Crippen molar-refractivity contribution in [2.24, 2.45) is 11.8 Å². The average molecular weight is 296 g/mol. The summed E-state index contributed by atoms with van der Waals surface area (Å²) in [5.74, 6) is -0.229. The molecule has 0 N–H and O–H groups in total. The van der Waals surface area contributed by atoms with Crippen LogP contribution in [-0.4, -0.2) is 41.6 Å². The molecule has 104 valence electrons. The highest BCUT2D eigenvalue weighted by Gasteiger charge is 2.45. The summed E-state index contributed by atoms with van der Waals surface area (Å²) in [7, 11) is -7.29. The molecule has 18 heavy (non-hydrogen) atoms. The van der Waals surface area contributed by atoms with Crippen LogP contribution >= 0.6 is 0 Å². The maximum atomic E-state index is 11.2. The van der Waals surface area contributed by atoms with Crippen LogP contribution in [0, 0.1) is 11.8 Å². The second-order valence-electron chi connectivity index (χ2n) is 4.82. The molecule has 0 saturated heterocycles. The highest BCUT2D eigenvalue weighted by Crippen LogP contribution is 2.40. The zero-order valence-electron chi connectivity index (χ0n) is 10.1. The fourth-order valence-corrected chi connectivity index (χ4v) is 3.87. The van der Waals surface area contributed by atoms with Gasteiger partial charge in [-0.1, -0.05) is 12.2 Å². The fourth-order valence-electron chi connectivity index (χ4n) is 2.55. The minimum Gasteiger partial charge on any atom is -0.264 e. The zero-order valence-corrected chi connectivity index (χ0v) is 11.8. The Balaban J connectivity index is 2.26. The number of rotatable bonds is 4. The van der Waals surface area contributed by atoms with Gasteiger partial charge in [0.15, 0.2) is 0 Å². The van der Waals surface area contributed by atoms with Gasteiger partial charge in [-0.3, -0.25) is 8.37 Å². The van der Waals surface area contributed by atoms with Crippen LogP contribution in [0.3, 0.4) is 0 Å². The fraction of sp³-hybridized carbons (Fsp3) is 0.800. The van der Waals surface area contributed by atoms with Crippen LogP contribution in [-0.2, 0) is 28.6 Å². The Bertz CT molecular complexity index is 497. The molecule has 3 aliphatic carbocycles. The summed E-state index contributed by atoms with van der Waals surface area (Å²) in [6.45, 7) is 0. The van der Waals surface area contributed by atoms with Crippen LogP contribution < -0.4 is 0 Å². The van der Waals surface area contributed by atoms with E-state index in [4.69, 9.17) is 8.37 Å². The van der Waals surface area contributed by atoms with Crippen LogP contribution in [0.5, 0.6) is 0 Å². The van der Waals surface area contributed by atoms with Crippen molar-refractivity contribution in [1.29, 1.82) is 0 Å². The first-order valence-electron chi connectivity index (χ1n) is 5.60. The molecule has 0 aromatic rings. The van der Waals surface area contributed by atoms with E-state index < -0.39 is 32.4 Å². The Kier molecular flexibility index (Phi) is 3.56. The lowest BCUT2D eigenvalue weighted by molar-refractivity contribution is -0.0241. The molecule has 2 bridgehead atoms. The van der Waals surface area contributed by atoms with Gasteiger partial charge < -0.3 is 0 Å². The Hall–Kier alpha value is -0.440. The van der Waals surface area contributed by atoms with E-state index in [-0.39, 0.29) is 11.8 Å². The molecule has 0 heterocycles. The minimum absolute atomic E-state index is 0.114. The Morgan fingerprint density at radius 2 is 1.17 bits per heavy atom. The molecular weight excluding hydrogens is 280 g/mol. The van der Waals surface area contributed by atoms with Crippen LogP contribution in [0.25, 0.3) is 0 Å². The van der Waals surface area contributed by atoms with Gasteiger partial charge in [-0.2, -0.15) is 16.8 Å². The molecule has 3 rings (SSSR count). The number of fused-ring (bicyclic) bond motifs is 2. The van der Waals surface area contributed by atoms with Crippen LogP contribution in [0.15, 0.2) is 12.2 Å². The molecule has 0 radical (unpaired) electrons. The van der Waals surface area contributed by atoms with Gasteiger partial charge in [0.1, 0.15) is 12.2 Å². The first-order valence-corrected chi connectivity index (χ1v) is 9.24. The lowest BCUT2D eigenvalue weighted by Crippen LogP contribution is -2.49.